The van der Waals surface area contributed by atoms with Crippen LogP contribution >= 0.6 is 11.6 Å². The highest BCUT2D eigenvalue weighted by molar-refractivity contribution is 6.30. The van der Waals surface area contributed by atoms with E-state index in [0.717, 1.165) is 22.6 Å². The zero-order valence-electron chi connectivity index (χ0n) is 12.5. The van der Waals surface area contributed by atoms with Gasteiger partial charge in [0.2, 0.25) is 0 Å². The normalized spacial score (nSPS) is 10.5. The third-order valence-electron chi connectivity index (χ3n) is 3.51. The molecule has 1 aromatic heterocycles. The standard InChI is InChI=1S/C18H16ClN3/c1-12-5-3-4-6-15(12)16-11-17(20-2)22-18(21-16)13-7-9-14(19)10-8-13/h3-11H,1-2H3,(H,20,21,22). The summed E-state index contributed by atoms with van der Waals surface area (Å²) in [5.41, 5.74) is 4.14. The van der Waals surface area contributed by atoms with Gasteiger partial charge in [-0.05, 0) is 36.8 Å². The van der Waals surface area contributed by atoms with Gasteiger partial charge >= 0.3 is 0 Å². The lowest BCUT2D eigenvalue weighted by Crippen LogP contribution is -1.99. The van der Waals surface area contributed by atoms with Crippen LogP contribution in [-0.2, 0) is 0 Å². The van der Waals surface area contributed by atoms with E-state index in [4.69, 9.17) is 16.6 Å². The maximum Gasteiger partial charge on any atom is 0.162 e. The van der Waals surface area contributed by atoms with Gasteiger partial charge < -0.3 is 5.32 Å². The number of aromatic nitrogens is 2. The van der Waals surface area contributed by atoms with Crippen molar-refractivity contribution in [2.24, 2.45) is 0 Å². The molecule has 2 aromatic carbocycles. The van der Waals surface area contributed by atoms with Gasteiger partial charge in [0.1, 0.15) is 5.82 Å². The van der Waals surface area contributed by atoms with E-state index >= 15 is 0 Å². The first-order valence-electron chi connectivity index (χ1n) is 7.06. The first-order valence-corrected chi connectivity index (χ1v) is 7.44. The molecule has 0 atom stereocenters. The van der Waals surface area contributed by atoms with Crippen LogP contribution in [0.15, 0.2) is 54.6 Å². The van der Waals surface area contributed by atoms with E-state index in [1.807, 2.05) is 49.5 Å². The molecule has 1 heterocycles. The van der Waals surface area contributed by atoms with E-state index in [9.17, 15) is 0 Å². The third kappa shape index (κ3) is 2.95. The molecule has 0 amide bonds. The van der Waals surface area contributed by atoms with Gasteiger partial charge in [-0.2, -0.15) is 0 Å². The van der Waals surface area contributed by atoms with Crippen molar-refractivity contribution in [1.29, 1.82) is 0 Å². The van der Waals surface area contributed by atoms with E-state index in [1.165, 1.54) is 5.56 Å². The van der Waals surface area contributed by atoms with Crippen molar-refractivity contribution in [2.75, 3.05) is 12.4 Å². The van der Waals surface area contributed by atoms with Gasteiger partial charge in [-0.3, -0.25) is 0 Å². The second-order valence-electron chi connectivity index (χ2n) is 5.03. The summed E-state index contributed by atoms with van der Waals surface area (Å²) in [6.07, 6.45) is 0. The first-order chi connectivity index (χ1) is 10.7. The van der Waals surface area contributed by atoms with Crippen molar-refractivity contribution < 1.29 is 0 Å². The van der Waals surface area contributed by atoms with Crippen molar-refractivity contribution in [2.45, 2.75) is 6.92 Å². The van der Waals surface area contributed by atoms with Crippen LogP contribution in [0, 0.1) is 6.92 Å². The van der Waals surface area contributed by atoms with Gasteiger partial charge in [-0.1, -0.05) is 35.9 Å². The van der Waals surface area contributed by atoms with E-state index in [1.54, 1.807) is 0 Å². The molecule has 3 aromatic rings. The Labute approximate surface area is 135 Å². The average molecular weight is 310 g/mol. The van der Waals surface area contributed by atoms with Gasteiger partial charge in [0.05, 0.1) is 5.69 Å². The molecule has 22 heavy (non-hydrogen) atoms. The van der Waals surface area contributed by atoms with Crippen LogP contribution in [0.4, 0.5) is 5.82 Å². The fraction of sp³-hybridized carbons (Fsp3) is 0.111. The van der Waals surface area contributed by atoms with E-state index < -0.39 is 0 Å². The molecule has 0 saturated carbocycles. The van der Waals surface area contributed by atoms with Crippen LogP contribution in [0.25, 0.3) is 22.6 Å². The minimum atomic E-state index is 0.682. The molecule has 0 fully saturated rings. The van der Waals surface area contributed by atoms with Gasteiger partial charge in [0.25, 0.3) is 0 Å². The van der Waals surface area contributed by atoms with Gasteiger partial charge in [-0.15, -0.1) is 0 Å². The summed E-state index contributed by atoms with van der Waals surface area (Å²) in [7, 11) is 1.86. The molecule has 110 valence electrons. The molecule has 0 aliphatic carbocycles. The predicted octanol–water partition coefficient (Wildman–Crippen LogP) is 4.81. The summed E-state index contributed by atoms with van der Waals surface area (Å²) in [4.78, 5) is 9.26. The minimum Gasteiger partial charge on any atom is -0.373 e. The fourth-order valence-corrected chi connectivity index (χ4v) is 2.43. The Morgan fingerprint density at radius 2 is 1.68 bits per heavy atom. The van der Waals surface area contributed by atoms with Gasteiger partial charge in [-0.25, -0.2) is 9.97 Å². The fourth-order valence-electron chi connectivity index (χ4n) is 2.30. The first kappa shape index (κ1) is 14.5. The molecule has 4 heteroatoms. The summed E-state index contributed by atoms with van der Waals surface area (Å²) in [6, 6.07) is 17.7. The van der Waals surface area contributed by atoms with Gasteiger partial charge in [0, 0.05) is 29.3 Å². The molecule has 0 radical (unpaired) electrons. The highest BCUT2D eigenvalue weighted by atomic mass is 35.5. The van der Waals surface area contributed by atoms with Crippen molar-refractivity contribution in [3.63, 3.8) is 0 Å². The number of hydrogen-bond donors (Lipinski definition) is 1. The smallest absolute Gasteiger partial charge is 0.162 e. The zero-order chi connectivity index (χ0) is 15.5. The molecule has 0 aliphatic rings. The molecule has 0 saturated heterocycles. The lowest BCUT2D eigenvalue weighted by Gasteiger charge is -2.10. The topological polar surface area (TPSA) is 37.8 Å². The summed E-state index contributed by atoms with van der Waals surface area (Å²) in [6.45, 7) is 2.08. The molecular weight excluding hydrogens is 294 g/mol. The second-order valence-corrected chi connectivity index (χ2v) is 5.47. The molecule has 3 nitrogen and oxygen atoms in total. The number of benzene rings is 2. The van der Waals surface area contributed by atoms with Crippen LogP contribution < -0.4 is 5.32 Å². The number of nitrogens with one attached hydrogen (secondary N) is 1. The highest BCUT2D eigenvalue weighted by Gasteiger charge is 2.09. The van der Waals surface area contributed by atoms with E-state index in [2.05, 4.69) is 29.4 Å². The highest BCUT2D eigenvalue weighted by Crippen LogP contribution is 2.27. The van der Waals surface area contributed by atoms with Crippen molar-refractivity contribution in [1.82, 2.24) is 9.97 Å². The largest absolute Gasteiger partial charge is 0.373 e. The Morgan fingerprint density at radius 3 is 2.36 bits per heavy atom. The quantitative estimate of drug-likeness (QED) is 0.754. The van der Waals surface area contributed by atoms with Crippen molar-refractivity contribution >= 4 is 17.4 Å². The van der Waals surface area contributed by atoms with Crippen LogP contribution in [0.2, 0.25) is 5.02 Å². The Bertz CT molecular complexity index is 798. The van der Waals surface area contributed by atoms with E-state index in [0.29, 0.717) is 10.8 Å². The lowest BCUT2D eigenvalue weighted by molar-refractivity contribution is 1.17. The van der Waals surface area contributed by atoms with Crippen molar-refractivity contribution in [3.05, 3.63) is 65.2 Å². The Morgan fingerprint density at radius 1 is 0.955 bits per heavy atom. The number of anilines is 1. The predicted molar refractivity (Wildman–Crippen MR) is 92.2 cm³/mol. The molecule has 0 bridgehead atoms. The van der Waals surface area contributed by atoms with E-state index in [-0.39, 0.29) is 0 Å². The number of aryl methyl sites for hydroxylation is 1. The third-order valence-corrected chi connectivity index (χ3v) is 3.76. The molecule has 0 aliphatic heterocycles. The minimum absolute atomic E-state index is 0.682. The number of hydrogen-bond acceptors (Lipinski definition) is 3. The zero-order valence-corrected chi connectivity index (χ0v) is 13.2. The van der Waals surface area contributed by atoms with Crippen molar-refractivity contribution in [3.8, 4) is 22.6 Å². The summed E-state index contributed by atoms with van der Waals surface area (Å²) in [5.74, 6) is 1.47. The summed E-state index contributed by atoms with van der Waals surface area (Å²) >= 11 is 5.95. The monoisotopic (exact) mass is 309 g/mol. The molecule has 3 rings (SSSR count). The van der Waals surface area contributed by atoms with Crippen LogP contribution in [0.1, 0.15) is 5.56 Å². The molecule has 0 spiro atoms. The maximum absolute atomic E-state index is 5.95. The number of rotatable bonds is 3. The SMILES string of the molecule is CNc1cc(-c2ccccc2C)nc(-c2ccc(Cl)cc2)n1. The Hall–Kier alpha value is -2.39. The number of halogens is 1. The maximum atomic E-state index is 5.95. The number of nitrogens with zero attached hydrogens (tertiary/aromatic N) is 2. The summed E-state index contributed by atoms with van der Waals surface area (Å²) in [5, 5.41) is 3.80. The Balaban J connectivity index is 2.15. The molecule has 0 unspecified atom stereocenters. The molecule has 1 N–H and O–H groups in total. The Kier molecular flexibility index (Phi) is 4.07. The lowest BCUT2D eigenvalue weighted by atomic mass is 10.1. The molecular formula is C18H16ClN3. The van der Waals surface area contributed by atoms with Crippen LogP contribution in [0.3, 0.4) is 0 Å². The van der Waals surface area contributed by atoms with Crippen LogP contribution in [-0.4, -0.2) is 17.0 Å². The second kappa shape index (κ2) is 6.16. The van der Waals surface area contributed by atoms with Crippen LogP contribution in [0.5, 0.6) is 0 Å². The average Bonchev–Trinajstić information content (AvgIpc) is 2.55. The van der Waals surface area contributed by atoms with Gasteiger partial charge in [0.15, 0.2) is 5.82 Å². The summed E-state index contributed by atoms with van der Waals surface area (Å²) < 4.78 is 0.